The number of carbonyl (C=O) groups excluding carboxylic acids is 3. The molecule has 0 saturated heterocycles. The maximum atomic E-state index is 11.6. The van der Waals surface area contributed by atoms with Gasteiger partial charge in [0.25, 0.3) is 0 Å². The maximum Gasteiger partial charge on any atom is 0.331 e. The topological polar surface area (TPSA) is 84.9 Å². The van der Waals surface area contributed by atoms with Gasteiger partial charge in [-0.25, -0.2) is 14.4 Å². The van der Waals surface area contributed by atoms with Crippen LogP contribution in [0.25, 0.3) is 0 Å². The number of nitrogens with zero attached hydrogens (tertiary/aromatic N) is 1. The Morgan fingerprint density at radius 2 is 1.70 bits per heavy atom. The number of rotatable bonds is 6. The molecule has 0 saturated carbocycles. The second-order valence-electron chi connectivity index (χ2n) is 4.68. The number of hydrogen-bond donors (Lipinski definition) is 1. The van der Waals surface area contributed by atoms with Crippen molar-refractivity contribution in [2.24, 2.45) is 5.92 Å². The van der Waals surface area contributed by atoms with Gasteiger partial charge in [-0.3, -0.25) is 0 Å². The van der Waals surface area contributed by atoms with Gasteiger partial charge >= 0.3 is 18.0 Å². The van der Waals surface area contributed by atoms with Crippen LogP contribution in [0.1, 0.15) is 13.8 Å². The Balaban J connectivity index is 4.34. The number of methoxy groups -OCH3 is 1. The second kappa shape index (κ2) is 8.95. The molecule has 0 bridgehead atoms. The minimum Gasteiger partial charge on any atom is -0.466 e. The van der Waals surface area contributed by atoms with E-state index in [0.29, 0.717) is 0 Å². The lowest BCUT2D eigenvalue weighted by Crippen LogP contribution is -2.46. The van der Waals surface area contributed by atoms with Crippen LogP contribution < -0.4 is 5.32 Å². The number of urea groups is 1. The molecule has 0 aliphatic carbocycles. The maximum absolute atomic E-state index is 11.6. The van der Waals surface area contributed by atoms with Crippen molar-refractivity contribution in [3.63, 3.8) is 0 Å². The Morgan fingerprint density at radius 1 is 1.15 bits per heavy atom. The summed E-state index contributed by atoms with van der Waals surface area (Å²) in [7, 11) is 4.46. The first-order valence-corrected chi connectivity index (χ1v) is 6.18. The molecule has 1 atom stereocenters. The van der Waals surface area contributed by atoms with E-state index < -0.39 is 11.9 Å². The quantitative estimate of drug-likeness (QED) is 0.569. The Kier molecular flexibility index (Phi) is 8.03. The van der Waals surface area contributed by atoms with Gasteiger partial charge in [0.05, 0.1) is 13.2 Å². The zero-order valence-corrected chi connectivity index (χ0v) is 12.5. The molecule has 0 spiro atoms. The van der Waals surface area contributed by atoms with Gasteiger partial charge in [0.1, 0.15) is 6.61 Å². The van der Waals surface area contributed by atoms with E-state index in [2.05, 4.69) is 10.1 Å². The van der Waals surface area contributed by atoms with Crippen LogP contribution in [0.4, 0.5) is 4.79 Å². The summed E-state index contributed by atoms with van der Waals surface area (Å²) in [4.78, 5) is 35.1. The molecular weight excluding hydrogens is 264 g/mol. The van der Waals surface area contributed by atoms with Crippen LogP contribution in [0.5, 0.6) is 0 Å². The number of amides is 2. The normalized spacial score (nSPS) is 12.1. The van der Waals surface area contributed by atoms with Gasteiger partial charge in [-0.15, -0.1) is 0 Å². The Labute approximate surface area is 118 Å². The van der Waals surface area contributed by atoms with Gasteiger partial charge in [-0.1, -0.05) is 13.8 Å². The molecule has 0 aromatic carbocycles. The van der Waals surface area contributed by atoms with Crippen molar-refractivity contribution in [2.75, 3.05) is 27.8 Å². The van der Waals surface area contributed by atoms with Crippen molar-refractivity contribution in [1.29, 1.82) is 0 Å². The number of hydrogen-bond acceptors (Lipinski definition) is 5. The summed E-state index contributed by atoms with van der Waals surface area (Å²) in [5, 5.41) is 2.74. The number of ether oxygens (including phenoxy) is 2. The SMILES string of the molecule is COC(=O)/C=C/C(=O)OC[C@H](NC(=O)N(C)C)C(C)C. The molecule has 0 rings (SSSR count). The number of carbonyl (C=O) groups is 3. The fraction of sp³-hybridized carbons (Fsp3) is 0.615. The molecule has 2 amide bonds. The standard InChI is InChI=1S/C13H22N2O5/c1-9(2)10(14-13(18)15(3)4)8-20-12(17)7-6-11(16)19-5/h6-7,9-10H,8H2,1-5H3,(H,14,18)/b7-6+/t10-/m0/s1. The van der Waals surface area contributed by atoms with Crippen molar-refractivity contribution in [3.8, 4) is 0 Å². The molecule has 0 aliphatic heterocycles. The van der Waals surface area contributed by atoms with Crippen molar-refractivity contribution in [1.82, 2.24) is 10.2 Å². The monoisotopic (exact) mass is 286 g/mol. The van der Waals surface area contributed by atoms with Gasteiger partial charge < -0.3 is 19.7 Å². The fourth-order valence-electron chi connectivity index (χ4n) is 1.11. The summed E-state index contributed by atoms with van der Waals surface area (Å²) in [5.74, 6) is -1.21. The number of esters is 2. The predicted octanol–water partition coefficient (Wildman–Crippen LogP) is 0.555. The van der Waals surface area contributed by atoms with E-state index in [9.17, 15) is 14.4 Å². The highest BCUT2D eigenvalue weighted by Crippen LogP contribution is 2.03. The van der Waals surface area contributed by atoms with E-state index in [4.69, 9.17) is 4.74 Å². The average Bonchev–Trinajstić information content (AvgIpc) is 2.39. The van der Waals surface area contributed by atoms with Crippen molar-refractivity contribution < 1.29 is 23.9 Å². The number of nitrogens with one attached hydrogen (secondary N) is 1. The van der Waals surface area contributed by atoms with E-state index in [0.717, 1.165) is 12.2 Å². The molecule has 0 aliphatic rings. The lowest BCUT2D eigenvalue weighted by atomic mass is 10.1. The summed E-state index contributed by atoms with van der Waals surface area (Å²) in [5.41, 5.74) is 0. The molecule has 0 unspecified atom stereocenters. The van der Waals surface area contributed by atoms with Gasteiger partial charge in [-0.2, -0.15) is 0 Å². The average molecular weight is 286 g/mol. The summed E-state index contributed by atoms with van der Waals surface area (Å²) in [6.07, 6.45) is 1.96. The van der Waals surface area contributed by atoms with Crippen LogP contribution >= 0.6 is 0 Å². The van der Waals surface area contributed by atoms with E-state index >= 15 is 0 Å². The van der Waals surface area contributed by atoms with Gasteiger partial charge in [-0.05, 0) is 5.92 Å². The zero-order valence-electron chi connectivity index (χ0n) is 12.5. The zero-order chi connectivity index (χ0) is 15.7. The Morgan fingerprint density at radius 3 is 2.15 bits per heavy atom. The lowest BCUT2D eigenvalue weighted by Gasteiger charge is -2.23. The summed E-state index contributed by atoms with van der Waals surface area (Å²) >= 11 is 0. The highest BCUT2D eigenvalue weighted by atomic mass is 16.5. The Bertz CT molecular complexity index is 377. The van der Waals surface area contributed by atoms with Gasteiger partial charge in [0.2, 0.25) is 0 Å². The first-order valence-electron chi connectivity index (χ1n) is 6.18. The third-order valence-corrected chi connectivity index (χ3v) is 2.48. The molecule has 114 valence electrons. The van der Waals surface area contributed by atoms with E-state index in [1.165, 1.54) is 12.0 Å². The van der Waals surface area contributed by atoms with Crippen LogP contribution in [0.15, 0.2) is 12.2 Å². The fourth-order valence-corrected chi connectivity index (χ4v) is 1.11. The summed E-state index contributed by atoms with van der Waals surface area (Å²) in [6.45, 7) is 3.83. The summed E-state index contributed by atoms with van der Waals surface area (Å²) < 4.78 is 9.32. The highest BCUT2D eigenvalue weighted by Gasteiger charge is 2.18. The molecule has 0 heterocycles. The van der Waals surface area contributed by atoms with Crippen LogP contribution in [0.3, 0.4) is 0 Å². The van der Waals surface area contributed by atoms with Crippen LogP contribution in [0, 0.1) is 5.92 Å². The second-order valence-corrected chi connectivity index (χ2v) is 4.68. The molecule has 20 heavy (non-hydrogen) atoms. The third kappa shape index (κ3) is 7.40. The van der Waals surface area contributed by atoms with Crippen LogP contribution in [-0.2, 0) is 19.1 Å². The lowest BCUT2D eigenvalue weighted by molar-refractivity contribution is -0.140. The molecule has 7 heteroatoms. The molecule has 0 aromatic rings. The largest absolute Gasteiger partial charge is 0.466 e. The van der Waals surface area contributed by atoms with E-state index in [1.807, 2.05) is 13.8 Å². The van der Waals surface area contributed by atoms with Crippen molar-refractivity contribution in [2.45, 2.75) is 19.9 Å². The molecule has 0 fully saturated rings. The van der Waals surface area contributed by atoms with E-state index in [1.54, 1.807) is 14.1 Å². The van der Waals surface area contributed by atoms with Crippen molar-refractivity contribution >= 4 is 18.0 Å². The highest BCUT2D eigenvalue weighted by molar-refractivity contribution is 5.91. The first kappa shape index (κ1) is 17.9. The summed E-state index contributed by atoms with van der Waals surface area (Å²) in [6, 6.07) is -0.565. The third-order valence-electron chi connectivity index (χ3n) is 2.48. The molecular formula is C13H22N2O5. The minimum atomic E-state index is -0.667. The van der Waals surface area contributed by atoms with Crippen LogP contribution in [-0.4, -0.2) is 56.7 Å². The van der Waals surface area contributed by atoms with Gasteiger partial charge in [0.15, 0.2) is 0 Å². The van der Waals surface area contributed by atoms with Crippen LogP contribution in [0.2, 0.25) is 0 Å². The smallest absolute Gasteiger partial charge is 0.331 e. The first-order chi connectivity index (χ1) is 9.27. The minimum absolute atomic E-state index is 0.0294. The molecule has 0 aromatic heterocycles. The predicted molar refractivity (Wildman–Crippen MR) is 73.0 cm³/mol. The van der Waals surface area contributed by atoms with Crippen molar-refractivity contribution in [3.05, 3.63) is 12.2 Å². The van der Waals surface area contributed by atoms with E-state index in [-0.39, 0.29) is 24.6 Å². The molecule has 7 nitrogen and oxygen atoms in total. The Hall–Kier alpha value is -2.05. The molecule has 0 radical (unpaired) electrons. The molecule has 1 N–H and O–H groups in total. The van der Waals surface area contributed by atoms with Gasteiger partial charge in [0, 0.05) is 26.2 Å².